The smallest absolute Gasteiger partial charge is 0.243 e. The third-order valence-corrected chi connectivity index (χ3v) is 6.27. The second kappa shape index (κ2) is 12.6. The topological polar surface area (TPSA) is 58.6 Å². The van der Waals surface area contributed by atoms with E-state index in [1.165, 1.54) is 0 Å². The molecule has 3 aromatic carbocycles. The highest BCUT2D eigenvalue weighted by Crippen LogP contribution is 2.24. The minimum Gasteiger partial charge on any atom is -0.497 e. The zero-order valence-corrected chi connectivity index (χ0v) is 21.6. The molecule has 7 heteroatoms. The number of hydrogen-bond donors (Lipinski definition) is 1. The summed E-state index contributed by atoms with van der Waals surface area (Å²) in [6.07, 6.45) is 0.470. The van der Waals surface area contributed by atoms with Crippen molar-refractivity contribution in [3.05, 3.63) is 99.5 Å². The van der Waals surface area contributed by atoms with Crippen LogP contribution >= 0.6 is 23.2 Å². The second-order valence-corrected chi connectivity index (χ2v) is 9.48. The van der Waals surface area contributed by atoms with Crippen molar-refractivity contribution in [3.63, 3.8) is 0 Å². The molecule has 35 heavy (non-hydrogen) atoms. The van der Waals surface area contributed by atoms with Crippen molar-refractivity contribution in [1.29, 1.82) is 0 Å². The Balaban J connectivity index is 1.99. The molecule has 0 radical (unpaired) electrons. The van der Waals surface area contributed by atoms with Crippen LogP contribution in [0.2, 0.25) is 10.0 Å². The number of ether oxygens (including phenoxy) is 1. The normalized spacial score (nSPS) is 11.7. The van der Waals surface area contributed by atoms with Gasteiger partial charge in [-0.2, -0.15) is 0 Å². The molecule has 0 aromatic heterocycles. The van der Waals surface area contributed by atoms with Crippen molar-refractivity contribution in [3.8, 4) is 5.75 Å². The maximum atomic E-state index is 13.7. The zero-order chi connectivity index (χ0) is 25.4. The van der Waals surface area contributed by atoms with Crippen molar-refractivity contribution < 1.29 is 14.3 Å². The molecule has 0 bridgehead atoms. The molecule has 2 amide bonds. The average Bonchev–Trinajstić information content (AvgIpc) is 2.84. The van der Waals surface area contributed by atoms with E-state index in [4.69, 9.17) is 27.9 Å². The van der Waals surface area contributed by atoms with Gasteiger partial charge in [0.2, 0.25) is 11.8 Å². The number of rotatable bonds is 10. The fourth-order valence-electron chi connectivity index (χ4n) is 3.83. The van der Waals surface area contributed by atoms with Gasteiger partial charge in [-0.3, -0.25) is 9.59 Å². The van der Waals surface area contributed by atoms with E-state index in [1.807, 2.05) is 68.4 Å². The summed E-state index contributed by atoms with van der Waals surface area (Å²) in [4.78, 5) is 28.8. The lowest BCUT2D eigenvalue weighted by atomic mass is 10.0. The summed E-state index contributed by atoms with van der Waals surface area (Å²) in [5.41, 5.74) is 2.56. The lowest BCUT2D eigenvalue weighted by molar-refractivity contribution is -0.141. The first-order valence-electron chi connectivity index (χ1n) is 11.5. The maximum Gasteiger partial charge on any atom is 0.243 e. The van der Waals surface area contributed by atoms with Crippen LogP contribution in [0.15, 0.2) is 72.8 Å². The van der Waals surface area contributed by atoms with E-state index in [0.717, 1.165) is 16.7 Å². The van der Waals surface area contributed by atoms with Gasteiger partial charge < -0.3 is 15.0 Å². The van der Waals surface area contributed by atoms with Gasteiger partial charge in [0.05, 0.1) is 23.6 Å². The highest BCUT2D eigenvalue weighted by Gasteiger charge is 2.31. The summed E-state index contributed by atoms with van der Waals surface area (Å²) < 4.78 is 5.36. The average molecular weight is 513 g/mol. The van der Waals surface area contributed by atoms with Gasteiger partial charge in [-0.15, -0.1) is 0 Å². The predicted octanol–water partition coefficient (Wildman–Crippen LogP) is 5.71. The van der Waals surface area contributed by atoms with Crippen LogP contribution in [-0.2, 0) is 29.0 Å². The molecule has 0 heterocycles. The Labute approximate surface area is 217 Å². The van der Waals surface area contributed by atoms with Gasteiger partial charge in [0.25, 0.3) is 0 Å². The molecule has 1 atom stereocenters. The Bertz CT molecular complexity index is 1150. The van der Waals surface area contributed by atoms with E-state index in [-0.39, 0.29) is 30.8 Å². The van der Waals surface area contributed by atoms with Crippen LogP contribution in [0.3, 0.4) is 0 Å². The standard InChI is InChI=1S/C28H30Cl2N2O3/c1-19(2)31-28(34)26(16-20-8-5-4-6-9-20)32(18-22-10-7-11-23(14-22)35-3)27(33)17-21-12-13-24(29)25(30)15-21/h4-15,19,26H,16-18H2,1-3H3,(H,31,34)/t26-/m1/s1. The first-order valence-corrected chi connectivity index (χ1v) is 12.2. The lowest BCUT2D eigenvalue weighted by Gasteiger charge is -2.32. The van der Waals surface area contributed by atoms with Crippen molar-refractivity contribution in [2.75, 3.05) is 7.11 Å². The predicted molar refractivity (Wildman–Crippen MR) is 141 cm³/mol. The third-order valence-electron chi connectivity index (χ3n) is 5.53. The molecule has 0 aliphatic carbocycles. The molecule has 3 aromatic rings. The molecule has 0 saturated carbocycles. The van der Waals surface area contributed by atoms with Gasteiger partial charge >= 0.3 is 0 Å². The van der Waals surface area contributed by atoms with Gasteiger partial charge in [-0.05, 0) is 54.8 Å². The van der Waals surface area contributed by atoms with Crippen LogP contribution in [0.1, 0.15) is 30.5 Å². The van der Waals surface area contributed by atoms with Crippen molar-refractivity contribution in [2.45, 2.75) is 45.3 Å². The summed E-state index contributed by atoms with van der Waals surface area (Å²) in [6, 6.07) is 21.6. The number of benzene rings is 3. The second-order valence-electron chi connectivity index (χ2n) is 8.67. The van der Waals surface area contributed by atoms with Crippen LogP contribution in [0.4, 0.5) is 0 Å². The Morgan fingerprint density at radius 1 is 0.886 bits per heavy atom. The number of nitrogens with one attached hydrogen (secondary N) is 1. The third kappa shape index (κ3) is 7.74. The molecule has 184 valence electrons. The van der Waals surface area contributed by atoms with E-state index in [9.17, 15) is 9.59 Å². The van der Waals surface area contributed by atoms with Crippen molar-refractivity contribution in [1.82, 2.24) is 10.2 Å². The van der Waals surface area contributed by atoms with E-state index < -0.39 is 6.04 Å². The molecule has 1 N–H and O–H groups in total. The molecule has 0 unspecified atom stereocenters. The van der Waals surface area contributed by atoms with Crippen LogP contribution in [0.25, 0.3) is 0 Å². The lowest BCUT2D eigenvalue weighted by Crippen LogP contribution is -2.52. The number of nitrogens with zero attached hydrogens (tertiary/aromatic N) is 1. The monoisotopic (exact) mass is 512 g/mol. The van der Waals surface area contributed by atoms with Gasteiger partial charge in [0.1, 0.15) is 11.8 Å². The molecule has 0 fully saturated rings. The molecular formula is C28H30Cl2N2O3. The summed E-state index contributed by atoms with van der Waals surface area (Å²) >= 11 is 12.2. The van der Waals surface area contributed by atoms with E-state index in [1.54, 1.807) is 30.2 Å². The Hall–Kier alpha value is -3.02. The molecule has 5 nitrogen and oxygen atoms in total. The first kappa shape index (κ1) is 26.6. The quantitative estimate of drug-likeness (QED) is 0.378. The van der Waals surface area contributed by atoms with Crippen LogP contribution in [-0.4, -0.2) is 35.9 Å². The van der Waals surface area contributed by atoms with Crippen LogP contribution in [0.5, 0.6) is 5.75 Å². The van der Waals surface area contributed by atoms with E-state index in [0.29, 0.717) is 22.2 Å². The van der Waals surface area contributed by atoms with Gasteiger partial charge in [-0.1, -0.05) is 71.7 Å². The molecule has 0 aliphatic rings. The van der Waals surface area contributed by atoms with Gasteiger partial charge in [0.15, 0.2) is 0 Å². The fraction of sp³-hybridized carbons (Fsp3) is 0.286. The fourth-order valence-corrected chi connectivity index (χ4v) is 4.15. The first-order chi connectivity index (χ1) is 16.8. The van der Waals surface area contributed by atoms with E-state index in [2.05, 4.69) is 5.32 Å². The minimum absolute atomic E-state index is 0.0652. The summed E-state index contributed by atoms with van der Waals surface area (Å²) in [6.45, 7) is 4.06. The highest BCUT2D eigenvalue weighted by atomic mass is 35.5. The largest absolute Gasteiger partial charge is 0.497 e. The molecular weight excluding hydrogens is 483 g/mol. The van der Waals surface area contributed by atoms with Crippen molar-refractivity contribution >= 4 is 35.0 Å². The van der Waals surface area contributed by atoms with E-state index >= 15 is 0 Å². The minimum atomic E-state index is -0.707. The van der Waals surface area contributed by atoms with Crippen LogP contribution in [0, 0.1) is 0 Å². The number of carbonyl (C=O) groups excluding carboxylic acids is 2. The summed E-state index contributed by atoms with van der Waals surface area (Å²) in [5, 5.41) is 3.80. The Morgan fingerprint density at radius 3 is 2.26 bits per heavy atom. The molecule has 0 saturated heterocycles. The van der Waals surface area contributed by atoms with Crippen LogP contribution < -0.4 is 10.1 Å². The Kier molecular flexibility index (Phi) is 9.58. The molecule has 3 rings (SSSR count). The number of halogens is 2. The number of methoxy groups -OCH3 is 1. The number of amides is 2. The summed E-state index contributed by atoms with van der Waals surface area (Å²) in [7, 11) is 1.60. The maximum absolute atomic E-state index is 13.7. The zero-order valence-electron chi connectivity index (χ0n) is 20.1. The highest BCUT2D eigenvalue weighted by molar-refractivity contribution is 6.42. The molecule has 0 aliphatic heterocycles. The number of hydrogen-bond acceptors (Lipinski definition) is 3. The van der Waals surface area contributed by atoms with Gasteiger partial charge in [-0.25, -0.2) is 0 Å². The summed E-state index contributed by atoms with van der Waals surface area (Å²) in [5.74, 6) is 0.297. The van der Waals surface area contributed by atoms with Gasteiger partial charge in [0, 0.05) is 19.0 Å². The Morgan fingerprint density at radius 2 is 1.60 bits per heavy atom. The SMILES string of the molecule is COc1cccc(CN(C(=O)Cc2ccc(Cl)c(Cl)c2)[C@H](Cc2ccccc2)C(=O)NC(C)C)c1. The number of carbonyl (C=O) groups is 2. The molecule has 0 spiro atoms. The van der Waals surface area contributed by atoms with Crippen molar-refractivity contribution in [2.24, 2.45) is 0 Å².